The average Bonchev–Trinajstić information content (AvgIpc) is 2.62. The minimum absolute atomic E-state index is 0.0669. The van der Waals surface area contributed by atoms with E-state index >= 15 is 0 Å². The number of hydrogen-bond donors (Lipinski definition) is 1. The summed E-state index contributed by atoms with van der Waals surface area (Å²) in [6, 6.07) is -0.217. The summed E-state index contributed by atoms with van der Waals surface area (Å²) < 4.78 is 5.32. The average molecular weight is 252 g/mol. The first kappa shape index (κ1) is 13.3. The number of hydrogen-bond acceptors (Lipinski definition) is 5. The van der Waals surface area contributed by atoms with E-state index in [0.29, 0.717) is 11.8 Å². The Labute approximate surface area is 109 Å². The number of aromatic nitrogens is 2. The van der Waals surface area contributed by atoms with Crippen LogP contribution in [-0.4, -0.2) is 23.2 Å². The largest absolute Gasteiger partial charge is 0.338 e. The van der Waals surface area contributed by atoms with Gasteiger partial charge in [-0.05, 0) is 23.4 Å². The summed E-state index contributed by atoms with van der Waals surface area (Å²) in [5, 5.41) is 4.08. The van der Waals surface area contributed by atoms with Crippen LogP contribution in [0.15, 0.2) is 4.52 Å². The fourth-order valence-electron chi connectivity index (χ4n) is 2.12. The van der Waals surface area contributed by atoms with Gasteiger partial charge in [0.25, 0.3) is 5.95 Å². The molecule has 102 valence electrons. The molecule has 0 aromatic carbocycles. The van der Waals surface area contributed by atoms with E-state index < -0.39 is 0 Å². The molecular formula is C13H24N4O. The van der Waals surface area contributed by atoms with Crippen molar-refractivity contribution in [3.63, 3.8) is 0 Å². The Hall–Kier alpha value is -1.10. The Morgan fingerprint density at radius 2 is 1.78 bits per heavy atom. The predicted molar refractivity (Wildman–Crippen MR) is 71.4 cm³/mol. The first-order valence-corrected chi connectivity index (χ1v) is 6.82. The van der Waals surface area contributed by atoms with Crippen molar-refractivity contribution in [3.8, 4) is 0 Å². The van der Waals surface area contributed by atoms with Crippen LogP contribution in [-0.2, 0) is 0 Å². The first-order chi connectivity index (χ1) is 8.48. The van der Waals surface area contributed by atoms with Crippen molar-refractivity contribution in [2.45, 2.75) is 52.5 Å². The van der Waals surface area contributed by atoms with E-state index in [9.17, 15) is 0 Å². The topological polar surface area (TPSA) is 68.2 Å². The number of anilines is 1. The molecule has 2 rings (SSSR count). The normalized spacial score (nSPS) is 19.7. The Morgan fingerprint density at radius 1 is 1.17 bits per heavy atom. The molecule has 0 spiro atoms. The molecule has 0 unspecified atom stereocenters. The lowest BCUT2D eigenvalue weighted by Crippen LogP contribution is -2.27. The SMILES string of the molecule is CC(C)(C)[C@@H](N)c1nc(N2CCCCCC2)no1. The van der Waals surface area contributed by atoms with E-state index in [-0.39, 0.29) is 11.5 Å². The monoisotopic (exact) mass is 252 g/mol. The Kier molecular flexibility index (Phi) is 3.90. The summed E-state index contributed by atoms with van der Waals surface area (Å²) in [6.45, 7) is 8.27. The molecule has 0 bridgehead atoms. The van der Waals surface area contributed by atoms with Crippen LogP contribution in [0.1, 0.15) is 58.4 Å². The second-order valence-electron chi connectivity index (χ2n) is 6.18. The van der Waals surface area contributed by atoms with Crippen molar-refractivity contribution < 1.29 is 4.52 Å². The van der Waals surface area contributed by atoms with Gasteiger partial charge in [0, 0.05) is 13.1 Å². The highest BCUT2D eigenvalue weighted by atomic mass is 16.5. The Balaban J connectivity index is 2.09. The third-order valence-electron chi connectivity index (χ3n) is 3.52. The molecule has 5 nitrogen and oxygen atoms in total. The lowest BCUT2D eigenvalue weighted by molar-refractivity contribution is 0.253. The van der Waals surface area contributed by atoms with Gasteiger partial charge in [-0.3, -0.25) is 0 Å². The molecule has 0 amide bonds. The lowest BCUT2D eigenvalue weighted by atomic mass is 9.87. The van der Waals surface area contributed by atoms with Gasteiger partial charge < -0.3 is 15.2 Å². The summed E-state index contributed by atoms with van der Waals surface area (Å²) in [5.41, 5.74) is 6.06. The quantitative estimate of drug-likeness (QED) is 0.875. The zero-order chi connectivity index (χ0) is 13.2. The van der Waals surface area contributed by atoms with Crippen LogP contribution in [0.2, 0.25) is 0 Å². The summed E-state index contributed by atoms with van der Waals surface area (Å²) in [6.07, 6.45) is 5.00. The summed E-state index contributed by atoms with van der Waals surface area (Å²) in [5.74, 6) is 1.24. The standard InChI is InChI=1S/C13H24N4O/c1-13(2,3)10(14)11-15-12(16-18-11)17-8-6-4-5-7-9-17/h10H,4-9,14H2,1-3H3/t10-/m0/s1. The Morgan fingerprint density at radius 3 is 2.33 bits per heavy atom. The van der Waals surface area contributed by atoms with Gasteiger partial charge in [-0.2, -0.15) is 4.98 Å². The molecule has 1 atom stereocenters. The van der Waals surface area contributed by atoms with Crippen molar-refractivity contribution in [2.75, 3.05) is 18.0 Å². The molecule has 0 saturated carbocycles. The van der Waals surface area contributed by atoms with Crippen molar-refractivity contribution in [1.82, 2.24) is 10.1 Å². The van der Waals surface area contributed by atoms with Gasteiger partial charge in [0.2, 0.25) is 5.89 Å². The highest BCUT2D eigenvalue weighted by molar-refractivity contribution is 5.28. The minimum atomic E-state index is -0.217. The van der Waals surface area contributed by atoms with Gasteiger partial charge in [-0.25, -0.2) is 0 Å². The molecule has 1 aromatic heterocycles. The molecular weight excluding hydrogens is 228 g/mol. The maximum absolute atomic E-state index is 6.13. The molecule has 1 aromatic rings. The molecule has 1 aliphatic rings. The fourth-order valence-corrected chi connectivity index (χ4v) is 2.12. The number of rotatable bonds is 2. The molecule has 0 aliphatic carbocycles. The first-order valence-electron chi connectivity index (χ1n) is 6.82. The van der Waals surface area contributed by atoms with Gasteiger partial charge in [0.05, 0.1) is 6.04 Å². The van der Waals surface area contributed by atoms with Crippen LogP contribution in [0.4, 0.5) is 5.95 Å². The van der Waals surface area contributed by atoms with Crippen LogP contribution in [0.3, 0.4) is 0 Å². The molecule has 2 N–H and O–H groups in total. The zero-order valence-corrected chi connectivity index (χ0v) is 11.6. The molecule has 1 saturated heterocycles. The van der Waals surface area contributed by atoms with Crippen LogP contribution < -0.4 is 10.6 Å². The van der Waals surface area contributed by atoms with Gasteiger partial charge in [0.1, 0.15) is 0 Å². The molecule has 18 heavy (non-hydrogen) atoms. The van der Waals surface area contributed by atoms with Gasteiger partial charge in [-0.15, -0.1) is 0 Å². The summed E-state index contributed by atoms with van der Waals surface area (Å²) in [4.78, 5) is 6.67. The zero-order valence-electron chi connectivity index (χ0n) is 11.6. The number of nitrogens with zero attached hydrogens (tertiary/aromatic N) is 3. The van der Waals surface area contributed by atoms with Crippen LogP contribution >= 0.6 is 0 Å². The van der Waals surface area contributed by atoms with Crippen molar-refractivity contribution in [3.05, 3.63) is 5.89 Å². The Bertz CT molecular complexity index is 375. The highest BCUT2D eigenvalue weighted by Crippen LogP contribution is 2.30. The predicted octanol–water partition coefficient (Wildman–Crippen LogP) is 2.50. The van der Waals surface area contributed by atoms with E-state index in [2.05, 4.69) is 35.8 Å². The lowest BCUT2D eigenvalue weighted by Gasteiger charge is -2.23. The highest BCUT2D eigenvalue weighted by Gasteiger charge is 2.28. The van der Waals surface area contributed by atoms with E-state index in [0.717, 1.165) is 13.1 Å². The third-order valence-corrected chi connectivity index (χ3v) is 3.52. The van der Waals surface area contributed by atoms with Gasteiger partial charge >= 0.3 is 0 Å². The van der Waals surface area contributed by atoms with E-state index in [1.807, 2.05) is 0 Å². The van der Waals surface area contributed by atoms with E-state index in [1.165, 1.54) is 25.7 Å². The van der Waals surface area contributed by atoms with Crippen LogP contribution in [0, 0.1) is 5.41 Å². The molecule has 2 heterocycles. The summed E-state index contributed by atoms with van der Waals surface area (Å²) in [7, 11) is 0. The molecule has 1 aliphatic heterocycles. The van der Waals surface area contributed by atoms with Crippen molar-refractivity contribution in [1.29, 1.82) is 0 Å². The second kappa shape index (κ2) is 5.26. The summed E-state index contributed by atoms with van der Waals surface area (Å²) >= 11 is 0. The van der Waals surface area contributed by atoms with E-state index in [1.54, 1.807) is 0 Å². The van der Waals surface area contributed by atoms with Gasteiger partial charge in [-0.1, -0.05) is 33.6 Å². The maximum atomic E-state index is 6.13. The maximum Gasteiger partial charge on any atom is 0.266 e. The number of nitrogens with two attached hydrogens (primary N) is 1. The van der Waals surface area contributed by atoms with Crippen molar-refractivity contribution >= 4 is 5.95 Å². The minimum Gasteiger partial charge on any atom is -0.338 e. The van der Waals surface area contributed by atoms with Crippen molar-refractivity contribution in [2.24, 2.45) is 11.1 Å². The van der Waals surface area contributed by atoms with Crippen LogP contribution in [0.25, 0.3) is 0 Å². The third kappa shape index (κ3) is 3.02. The molecule has 1 fully saturated rings. The smallest absolute Gasteiger partial charge is 0.266 e. The fraction of sp³-hybridized carbons (Fsp3) is 0.846. The molecule has 0 radical (unpaired) electrons. The van der Waals surface area contributed by atoms with Crippen LogP contribution in [0.5, 0.6) is 0 Å². The van der Waals surface area contributed by atoms with E-state index in [4.69, 9.17) is 10.3 Å². The molecule has 5 heteroatoms. The van der Waals surface area contributed by atoms with Gasteiger partial charge in [0.15, 0.2) is 0 Å². The second-order valence-corrected chi connectivity index (χ2v) is 6.18.